The van der Waals surface area contributed by atoms with Crippen LogP contribution in [0.3, 0.4) is 0 Å². The Hall–Kier alpha value is -4.57. The van der Waals surface area contributed by atoms with Gasteiger partial charge in [-0.15, -0.1) is 0 Å². The number of rotatable bonds is 8. The van der Waals surface area contributed by atoms with Crippen LogP contribution in [-0.2, 0) is 14.4 Å². The van der Waals surface area contributed by atoms with Crippen LogP contribution in [0.15, 0.2) is 89.8 Å². The van der Waals surface area contributed by atoms with Gasteiger partial charge in [0.25, 0.3) is 17.1 Å². The van der Waals surface area contributed by atoms with Gasteiger partial charge in [0.15, 0.2) is 6.61 Å². The molecule has 4 amide bonds. The number of imide groups is 1. The highest BCUT2D eigenvalue weighted by atomic mass is 32.2. The summed E-state index contributed by atoms with van der Waals surface area (Å²) in [6, 6.07) is 26.0. The molecule has 0 aromatic heterocycles. The summed E-state index contributed by atoms with van der Waals surface area (Å²) in [4.78, 5) is 56.1. The van der Waals surface area contributed by atoms with Gasteiger partial charge in [0.1, 0.15) is 12.3 Å². The van der Waals surface area contributed by atoms with Crippen molar-refractivity contribution < 1.29 is 23.9 Å². The summed E-state index contributed by atoms with van der Waals surface area (Å²) in [7, 11) is 0. The number of amides is 4. The molecule has 3 aromatic rings. The van der Waals surface area contributed by atoms with E-state index in [4.69, 9.17) is 4.74 Å². The maximum absolute atomic E-state index is 13.1. The van der Waals surface area contributed by atoms with Gasteiger partial charge >= 0.3 is 0 Å². The van der Waals surface area contributed by atoms with Gasteiger partial charge in [-0.2, -0.15) is 0 Å². The molecule has 0 aliphatic carbocycles. The monoisotopic (exact) mass is 556 g/mol. The minimum atomic E-state index is -0.525. The van der Waals surface area contributed by atoms with E-state index in [2.05, 4.69) is 10.2 Å². The first kappa shape index (κ1) is 27.0. The van der Waals surface area contributed by atoms with E-state index >= 15 is 0 Å². The van der Waals surface area contributed by atoms with Crippen LogP contribution in [0, 0.1) is 0 Å². The zero-order valence-corrected chi connectivity index (χ0v) is 22.5. The number of carbonyl (C=O) groups excluding carboxylic acids is 4. The fourth-order valence-electron chi connectivity index (χ4n) is 4.46. The van der Waals surface area contributed by atoms with E-state index in [9.17, 15) is 19.2 Å². The minimum absolute atomic E-state index is 0.191. The lowest BCUT2D eigenvalue weighted by atomic mass is 10.2. The summed E-state index contributed by atoms with van der Waals surface area (Å²) in [5.74, 6) is -0.721. The summed E-state index contributed by atoms with van der Waals surface area (Å²) in [6.07, 6.45) is 1.55. The molecular weight excluding hydrogens is 528 g/mol. The second-order valence-corrected chi connectivity index (χ2v) is 10.2. The van der Waals surface area contributed by atoms with Crippen LogP contribution in [0.5, 0.6) is 5.75 Å². The Morgan fingerprint density at radius 1 is 0.850 bits per heavy atom. The Kier molecular flexibility index (Phi) is 8.46. The smallest absolute Gasteiger partial charge is 0.294 e. The van der Waals surface area contributed by atoms with E-state index in [1.165, 1.54) is 0 Å². The normalized spacial score (nSPS) is 16.4. The SMILES string of the molecule is O=C(COc1ccccc1/C=C1/SC(=O)N(CC(=O)N2CCN(c3ccccc3)CC2)C1=O)Nc1ccccc1. The number of para-hydroxylation sites is 3. The van der Waals surface area contributed by atoms with E-state index in [0.29, 0.717) is 43.2 Å². The number of thioether (sulfide) groups is 1. The summed E-state index contributed by atoms with van der Waals surface area (Å²) in [5.41, 5.74) is 2.31. The molecule has 0 bridgehead atoms. The molecule has 2 aliphatic heterocycles. The van der Waals surface area contributed by atoms with Crippen LogP contribution in [-0.4, -0.2) is 72.1 Å². The number of hydrogen-bond acceptors (Lipinski definition) is 7. The Morgan fingerprint density at radius 2 is 1.50 bits per heavy atom. The Labute approximate surface area is 236 Å². The number of carbonyl (C=O) groups is 4. The van der Waals surface area contributed by atoms with Gasteiger partial charge < -0.3 is 19.9 Å². The predicted molar refractivity (Wildman–Crippen MR) is 155 cm³/mol. The summed E-state index contributed by atoms with van der Waals surface area (Å²) >= 11 is 0.783. The fraction of sp³-hybridized carbons (Fsp3) is 0.200. The molecular formula is C30H28N4O5S. The molecule has 2 aliphatic rings. The Balaban J connectivity index is 1.18. The van der Waals surface area contributed by atoms with E-state index in [0.717, 1.165) is 22.3 Å². The highest BCUT2D eigenvalue weighted by Gasteiger charge is 2.37. The second-order valence-electron chi connectivity index (χ2n) is 9.21. The minimum Gasteiger partial charge on any atom is -0.483 e. The first-order chi connectivity index (χ1) is 19.5. The average molecular weight is 557 g/mol. The van der Waals surface area contributed by atoms with Crippen molar-refractivity contribution in [1.82, 2.24) is 9.80 Å². The second kappa shape index (κ2) is 12.5. The van der Waals surface area contributed by atoms with Gasteiger partial charge in [0.2, 0.25) is 5.91 Å². The molecule has 5 rings (SSSR count). The summed E-state index contributed by atoms with van der Waals surface area (Å²) in [5, 5.41) is 2.26. The molecule has 40 heavy (non-hydrogen) atoms. The van der Waals surface area contributed by atoms with Crippen molar-refractivity contribution >= 4 is 52.2 Å². The zero-order valence-electron chi connectivity index (χ0n) is 21.7. The molecule has 1 N–H and O–H groups in total. The Morgan fingerprint density at radius 3 is 2.23 bits per heavy atom. The lowest BCUT2D eigenvalue weighted by Crippen LogP contribution is -2.51. The van der Waals surface area contributed by atoms with Gasteiger partial charge in [-0.1, -0.05) is 54.6 Å². The molecule has 2 saturated heterocycles. The molecule has 0 unspecified atom stereocenters. The topological polar surface area (TPSA) is 99.3 Å². The molecule has 2 heterocycles. The van der Waals surface area contributed by atoms with E-state index in [-0.39, 0.29) is 29.9 Å². The van der Waals surface area contributed by atoms with Crippen molar-refractivity contribution in [3.05, 3.63) is 95.4 Å². The largest absolute Gasteiger partial charge is 0.483 e. The average Bonchev–Trinajstić information content (AvgIpc) is 3.25. The highest BCUT2D eigenvalue weighted by molar-refractivity contribution is 8.18. The first-order valence-electron chi connectivity index (χ1n) is 12.9. The van der Waals surface area contributed by atoms with Crippen molar-refractivity contribution in [2.45, 2.75) is 0 Å². The van der Waals surface area contributed by atoms with Crippen molar-refractivity contribution in [2.24, 2.45) is 0 Å². The third kappa shape index (κ3) is 6.52. The number of benzene rings is 3. The number of ether oxygens (including phenoxy) is 1. The standard InChI is InChI=1S/C30H28N4O5S/c35-27(31-23-10-3-1-4-11-23)21-39-25-14-8-7-9-22(25)19-26-29(37)34(30(38)40-26)20-28(36)33-17-15-32(16-18-33)24-12-5-2-6-13-24/h1-14,19H,15-18,20-21H2,(H,31,35)/b26-19+. The Bertz CT molecular complexity index is 1420. The maximum atomic E-state index is 13.1. The number of nitrogens with one attached hydrogen (secondary N) is 1. The van der Waals surface area contributed by atoms with Gasteiger partial charge in [0, 0.05) is 43.1 Å². The molecule has 0 atom stereocenters. The summed E-state index contributed by atoms with van der Waals surface area (Å²) in [6.45, 7) is 1.86. The molecule has 10 heteroatoms. The van der Waals surface area contributed by atoms with E-state index < -0.39 is 11.1 Å². The van der Waals surface area contributed by atoms with Crippen LogP contribution in [0.1, 0.15) is 5.56 Å². The third-order valence-corrected chi connectivity index (χ3v) is 7.45. The first-order valence-corrected chi connectivity index (χ1v) is 13.7. The van der Waals surface area contributed by atoms with Crippen LogP contribution in [0.25, 0.3) is 6.08 Å². The maximum Gasteiger partial charge on any atom is 0.294 e. The van der Waals surface area contributed by atoms with Crippen LogP contribution in [0.4, 0.5) is 16.2 Å². The van der Waals surface area contributed by atoms with Gasteiger partial charge in [-0.25, -0.2) is 0 Å². The lowest BCUT2D eigenvalue weighted by Gasteiger charge is -2.36. The summed E-state index contributed by atoms with van der Waals surface area (Å²) < 4.78 is 5.71. The predicted octanol–water partition coefficient (Wildman–Crippen LogP) is 4.09. The molecule has 0 spiro atoms. The van der Waals surface area contributed by atoms with Gasteiger partial charge in [0.05, 0.1) is 4.91 Å². The quantitative estimate of drug-likeness (QED) is 0.417. The van der Waals surface area contributed by atoms with E-state index in [1.807, 2.05) is 48.5 Å². The highest BCUT2D eigenvalue weighted by Crippen LogP contribution is 2.34. The molecule has 3 aromatic carbocycles. The van der Waals surface area contributed by atoms with Gasteiger partial charge in [-0.3, -0.25) is 24.1 Å². The van der Waals surface area contributed by atoms with Crippen LogP contribution >= 0.6 is 11.8 Å². The van der Waals surface area contributed by atoms with Crippen molar-refractivity contribution in [1.29, 1.82) is 0 Å². The van der Waals surface area contributed by atoms with Crippen molar-refractivity contribution in [3.8, 4) is 5.75 Å². The fourth-order valence-corrected chi connectivity index (χ4v) is 5.29. The number of piperazine rings is 1. The third-order valence-electron chi connectivity index (χ3n) is 6.54. The lowest BCUT2D eigenvalue weighted by molar-refractivity contribution is -0.136. The molecule has 0 saturated carbocycles. The molecule has 204 valence electrons. The number of anilines is 2. The zero-order chi connectivity index (χ0) is 27.9. The van der Waals surface area contributed by atoms with Gasteiger partial charge in [-0.05, 0) is 48.2 Å². The molecule has 9 nitrogen and oxygen atoms in total. The van der Waals surface area contributed by atoms with Crippen LogP contribution in [0.2, 0.25) is 0 Å². The van der Waals surface area contributed by atoms with Crippen molar-refractivity contribution in [2.75, 3.05) is 49.5 Å². The molecule has 2 fully saturated rings. The van der Waals surface area contributed by atoms with Crippen molar-refractivity contribution in [3.63, 3.8) is 0 Å². The van der Waals surface area contributed by atoms with Crippen LogP contribution < -0.4 is 15.0 Å². The molecule has 0 radical (unpaired) electrons. The van der Waals surface area contributed by atoms with E-state index in [1.54, 1.807) is 47.4 Å². The number of hydrogen-bond donors (Lipinski definition) is 1. The number of nitrogens with zero attached hydrogens (tertiary/aromatic N) is 3.